The topological polar surface area (TPSA) is 56.8 Å². The lowest BCUT2D eigenvalue weighted by molar-refractivity contribution is -0.142. The molecule has 112 valence electrons. The van der Waals surface area contributed by atoms with Gasteiger partial charge in [0.25, 0.3) is 0 Å². The van der Waals surface area contributed by atoms with Crippen LogP contribution in [0.5, 0.6) is 11.5 Å². The van der Waals surface area contributed by atoms with E-state index in [1.54, 1.807) is 7.11 Å². The Morgan fingerprint density at radius 3 is 2.75 bits per heavy atom. The van der Waals surface area contributed by atoms with Crippen LogP contribution in [0.4, 0.5) is 0 Å². The first-order valence-corrected chi connectivity index (χ1v) is 6.74. The Hall–Kier alpha value is -0.980. The van der Waals surface area contributed by atoms with Gasteiger partial charge in [-0.3, -0.25) is 4.79 Å². The van der Waals surface area contributed by atoms with E-state index < -0.39 is 0 Å². The first-order chi connectivity index (χ1) is 9.13. The van der Waals surface area contributed by atoms with Gasteiger partial charge in [0.2, 0.25) is 0 Å². The Bertz CT molecular complexity index is 472. The third-order valence-corrected chi connectivity index (χ3v) is 3.63. The highest BCUT2D eigenvalue weighted by Gasteiger charge is 2.31. The molecule has 1 aromatic rings. The predicted molar refractivity (Wildman–Crippen MR) is 80.8 cm³/mol. The smallest absolute Gasteiger partial charge is 0.323 e. The van der Waals surface area contributed by atoms with E-state index in [1.807, 2.05) is 18.2 Å². The summed E-state index contributed by atoms with van der Waals surface area (Å²) < 4.78 is 16.5. The van der Waals surface area contributed by atoms with E-state index in [9.17, 15) is 4.79 Å². The van der Waals surface area contributed by atoms with Gasteiger partial charge in [-0.1, -0.05) is 0 Å². The van der Waals surface area contributed by atoms with Crippen LogP contribution in [-0.4, -0.2) is 38.9 Å². The fraction of sp³-hybridized carbons (Fsp3) is 0.462. The van der Waals surface area contributed by atoms with E-state index in [0.29, 0.717) is 13.0 Å². The summed E-state index contributed by atoms with van der Waals surface area (Å²) in [5.74, 6) is 1.24. The lowest BCUT2D eigenvalue weighted by Gasteiger charge is -2.14. The van der Waals surface area contributed by atoms with E-state index in [0.717, 1.165) is 16.0 Å². The number of esters is 1. The summed E-state index contributed by atoms with van der Waals surface area (Å²) in [6, 6.07) is 5.23. The molecule has 7 heteroatoms. The molecule has 1 fully saturated rings. The van der Waals surface area contributed by atoms with Crippen molar-refractivity contribution in [2.24, 2.45) is 0 Å². The molecule has 1 heterocycles. The maximum Gasteiger partial charge on any atom is 0.323 e. The van der Waals surface area contributed by atoms with Crippen LogP contribution in [0.15, 0.2) is 22.7 Å². The number of rotatable bonds is 4. The molecule has 5 nitrogen and oxygen atoms in total. The molecular weight excluding hydrogens is 350 g/mol. The van der Waals surface area contributed by atoms with Crippen LogP contribution in [-0.2, 0) is 9.53 Å². The molecule has 2 rings (SSSR count). The summed E-state index contributed by atoms with van der Waals surface area (Å²) in [5.41, 5.74) is 0. The Balaban J connectivity index is 0.00000200. The zero-order valence-corrected chi connectivity index (χ0v) is 13.6. The quantitative estimate of drug-likeness (QED) is 0.828. The van der Waals surface area contributed by atoms with Crippen molar-refractivity contribution >= 4 is 34.3 Å². The average Bonchev–Trinajstić information content (AvgIpc) is 2.88. The molecule has 1 saturated heterocycles. The molecule has 0 bridgehead atoms. The lowest BCUT2D eigenvalue weighted by atomic mass is 10.2. The molecule has 20 heavy (non-hydrogen) atoms. The van der Waals surface area contributed by atoms with Crippen molar-refractivity contribution in [1.82, 2.24) is 5.32 Å². The minimum Gasteiger partial charge on any atom is -0.497 e. The number of hydrogen-bond acceptors (Lipinski definition) is 5. The molecule has 0 saturated carbocycles. The van der Waals surface area contributed by atoms with Gasteiger partial charge in [-0.05, 0) is 34.1 Å². The molecule has 0 amide bonds. The number of carbonyl (C=O) groups is 1. The fourth-order valence-electron chi connectivity index (χ4n) is 2.00. The predicted octanol–water partition coefficient (Wildman–Crippen LogP) is 2.16. The van der Waals surface area contributed by atoms with Crippen molar-refractivity contribution in [2.75, 3.05) is 20.8 Å². The zero-order valence-electron chi connectivity index (χ0n) is 11.2. The highest BCUT2D eigenvalue weighted by atomic mass is 79.9. The van der Waals surface area contributed by atoms with Crippen LogP contribution < -0.4 is 14.8 Å². The number of halogens is 2. The third-order valence-electron chi connectivity index (χ3n) is 3.01. The minimum atomic E-state index is -0.285. The summed E-state index contributed by atoms with van der Waals surface area (Å²) in [6.07, 6.45) is 0.555. The first-order valence-electron chi connectivity index (χ1n) is 5.95. The van der Waals surface area contributed by atoms with Gasteiger partial charge in [-0.25, -0.2) is 0 Å². The second-order valence-corrected chi connectivity index (χ2v) is 5.11. The first kappa shape index (κ1) is 17.1. The van der Waals surface area contributed by atoms with E-state index >= 15 is 0 Å². The van der Waals surface area contributed by atoms with E-state index in [2.05, 4.69) is 21.2 Å². The Labute approximate surface area is 132 Å². The van der Waals surface area contributed by atoms with Crippen LogP contribution >= 0.6 is 28.3 Å². The van der Waals surface area contributed by atoms with Crippen LogP contribution in [0, 0.1) is 0 Å². The van der Waals surface area contributed by atoms with Gasteiger partial charge in [-0.15, -0.1) is 12.4 Å². The average molecular weight is 367 g/mol. The number of benzene rings is 1. The van der Waals surface area contributed by atoms with Gasteiger partial charge in [0, 0.05) is 13.0 Å². The summed E-state index contributed by atoms with van der Waals surface area (Å²) in [7, 11) is 3.00. The van der Waals surface area contributed by atoms with Crippen molar-refractivity contribution in [3.63, 3.8) is 0 Å². The van der Waals surface area contributed by atoms with Gasteiger partial charge >= 0.3 is 5.97 Å². The number of carbonyl (C=O) groups excluding carboxylic acids is 1. The molecule has 0 spiro atoms. The normalized spacial score (nSPS) is 20.9. The fourth-order valence-corrected chi connectivity index (χ4v) is 2.45. The molecule has 0 aromatic heterocycles. The summed E-state index contributed by atoms with van der Waals surface area (Å²) in [5, 5.41) is 3.08. The second kappa shape index (κ2) is 7.71. The summed E-state index contributed by atoms with van der Waals surface area (Å²) >= 11 is 3.44. The monoisotopic (exact) mass is 365 g/mol. The zero-order chi connectivity index (χ0) is 13.8. The van der Waals surface area contributed by atoms with E-state index in [4.69, 9.17) is 14.2 Å². The summed E-state index contributed by atoms with van der Waals surface area (Å²) in [4.78, 5) is 11.4. The van der Waals surface area contributed by atoms with E-state index in [1.165, 1.54) is 7.11 Å². The Kier molecular flexibility index (Phi) is 6.58. The minimum absolute atomic E-state index is 0. The molecular formula is C13H17BrClNO4. The van der Waals surface area contributed by atoms with Crippen molar-refractivity contribution in [2.45, 2.75) is 18.6 Å². The number of methoxy groups -OCH3 is 2. The van der Waals surface area contributed by atoms with Gasteiger partial charge < -0.3 is 19.5 Å². The SMILES string of the molecule is COC(=O)C1CC(Oc2ccc(OC)cc2Br)CN1.Cl. The number of nitrogens with one attached hydrogen (secondary N) is 1. The van der Waals surface area contributed by atoms with Crippen molar-refractivity contribution in [1.29, 1.82) is 0 Å². The molecule has 2 unspecified atom stereocenters. The second-order valence-electron chi connectivity index (χ2n) is 4.26. The van der Waals surface area contributed by atoms with Crippen LogP contribution in [0.1, 0.15) is 6.42 Å². The van der Waals surface area contributed by atoms with Gasteiger partial charge in [0.15, 0.2) is 0 Å². The maximum atomic E-state index is 11.4. The molecule has 1 aliphatic heterocycles. The van der Waals surface area contributed by atoms with E-state index in [-0.39, 0.29) is 30.5 Å². The standard InChI is InChI=1S/C13H16BrNO4.ClH/c1-17-8-3-4-12(10(14)5-8)19-9-6-11(15-7-9)13(16)18-2;/h3-5,9,11,15H,6-7H2,1-2H3;1H. The van der Waals surface area contributed by atoms with Crippen molar-refractivity contribution in [3.05, 3.63) is 22.7 Å². The van der Waals surface area contributed by atoms with Gasteiger partial charge in [0.05, 0.1) is 18.7 Å². The molecule has 1 aromatic carbocycles. The van der Waals surface area contributed by atoms with Gasteiger partial charge in [0.1, 0.15) is 23.6 Å². The Morgan fingerprint density at radius 2 is 2.15 bits per heavy atom. The van der Waals surface area contributed by atoms with Crippen LogP contribution in [0.25, 0.3) is 0 Å². The molecule has 1 aliphatic rings. The van der Waals surface area contributed by atoms with Crippen LogP contribution in [0.3, 0.4) is 0 Å². The molecule has 0 radical (unpaired) electrons. The third kappa shape index (κ3) is 4.01. The molecule has 0 aliphatic carbocycles. The van der Waals surface area contributed by atoms with Crippen LogP contribution in [0.2, 0.25) is 0 Å². The largest absolute Gasteiger partial charge is 0.497 e. The molecule has 2 atom stereocenters. The molecule has 1 N–H and O–H groups in total. The lowest BCUT2D eigenvalue weighted by Crippen LogP contribution is -2.31. The van der Waals surface area contributed by atoms with Crippen molar-refractivity contribution < 1.29 is 19.0 Å². The highest BCUT2D eigenvalue weighted by Crippen LogP contribution is 2.30. The Morgan fingerprint density at radius 1 is 1.40 bits per heavy atom. The number of hydrogen-bond donors (Lipinski definition) is 1. The summed E-state index contributed by atoms with van der Waals surface area (Å²) in [6.45, 7) is 0.623. The van der Waals surface area contributed by atoms with Gasteiger partial charge in [-0.2, -0.15) is 0 Å². The highest BCUT2D eigenvalue weighted by molar-refractivity contribution is 9.10. The maximum absolute atomic E-state index is 11.4. The van der Waals surface area contributed by atoms with Crippen molar-refractivity contribution in [3.8, 4) is 11.5 Å². The number of ether oxygens (including phenoxy) is 3.